The molecule has 0 radical (unpaired) electrons. The lowest BCUT2D eigenvalue weighted by Crippen LogP contribution is -3.10. The summed E-state index contributed by atoms with van der Waals surface area (Å²) in [5, 5.41) is 0.791. The number of likely N-dealkylation sites (tertiary alicyclic amines) is 1. The summed E-state index contributed by atoms with van der Waals surface area (Å²) in [5.74, 6) is 0.512. The molecule has 0 bridgehead atoms. The molecule has 0 unspecified atom stereocenters. The highest BCUT2D eigenvalue weighted by Gasteiger charge is 2.20. The van der Waals surface area contributed by atoms with Crippen LogP contribution in [-0.4, -0.2) is 44.5 Å². The van der Waals surface area contributed by atoms with Crippen LogP contribution < -0.4 is 16.1 Å². The van der Waals surface area contributed by atoms with Crippen molar-refractivity contribution in [1.82, 2.24) is 19.1 Å². The summed E-state index contributed by atoms with van der Waals surface area (Å²) < 4.78 is 16.7. The zero-order chi connectivity index (χ0) is 20.5. The van der Waals surface area contributed by atoms with Gasteiger partial charge in [0.05, 0.1) is 25.2 Å². The average Bonchev–Trinajstić information content (AvgIpc) is 3.24. The number of rotatable bonds is 5. The molecule has 2 aromatic heterocycles. The zero-order valence-corrected chi connectivity index (χ0v) is 17.3. The van der Waals surface area contributed by atoms with Crippen LogP contribution in [0.1, 0.15) is 12.8 Å². The fourth-order valence-corrected chi connectivity index (χ4v) is 4.77. The van der Waals surface area contributed by atoms with Crippen LogP contribution in [0.5, 0.6) is 0 Å². The fourth-order valence-electron chi connectivity index (χ4n) is 3.71. The minimum Gasteiger partial charge on any atom is -0.334 e. The molecule has 3 heterocycles. The SMILES string of the molecule is Cn1c(=O)c2c(SCC[NH+]3CCCC3)nc(-c3ccccc3F)nc2n(C)c1=O. The number of quaternary nitrogens is 1. The topological polar surface area (TPSA) is 74.2 Å². The molecule has 1 fully saturated rings. The summed E-state index contributed by atoms with van der Waals surface area (Å²) in [6, 6.07) is 6.24. The van der Waals surface area contributed by atoms with Crippen LogP contribution in [0.4, 0.5) is 4.39 Å². The quantitative estimate of drug-likeness (QED) is 0.487. The number of hydrogen-bond acceptors (Lipinski definition) is 5. The van der Waals surface area contributed by atoms with Crippen molar-refractivity contribution in [3.05, 3.63) is 50.9 Å². The van der Waals surface area contributed by atoms with Crippen molar-refractivity contribution in [1.29, 1.82) is 0 Å². The molecule has 0 aliphatic carbocycles. The number of benzene rings is 1. The third-order valence-electron chi connectivity index (χ3n) is 5.39. The monoisotopic (exact) mass is 416 g/mol. The van der Waals surface area contributed by atoms with Gasteiger partial charge in [0.1, 0.15) is 16.2 Å². The van der Waals surface area contributed by atoms with Gasteiger partial charge in [0.15, 0.2) is 11.5 Å². The molecule has 0 atom stereocenters. The highest BCUT2D eigenvalue weighted by atomic mass is 32.2. The smallest absolute Gasteiger partial charge is 0.332 e. The van der Waals surface area contributed by atoms with Crippen LogP contribution in [0.3, 0.4) is 0 Å². The van der Waals surface area contributed by atoms with Gasteiger partial charge in [-0.05, 0) is 12.1 Å². The zero-order valence-electron chi connectivity index (χ0n) is 16.4. The number of halogens is 1. The second-order valence-electron chi connectivity index (χ2n) is 7.29. The number of aryl methyl sites for hydroxylation is 1. The normalized spacial score (nSPS) is 14.7. The van der Waals surface area contributed by atoms with E-state index in [0.717, 1.165) is 16.9 Å². The number of hydrogen-bond donors (Lipinski definition) is 1. The van der Waals surface area contributed by atoms with E-state index in [4.69, 9.17) is 0 Å². The van der Waals surface area contributed by atoms with E-state index < -0.39 is 17.1 Å². The lowest BCUT2D eigenvalue weighted by atomic mass is 10.2. The summed E-state index contributed by atoms with van der Waals surface area (Å²) in [5.41, 5.74) is -0.436. The van der Waals surface area contributed by atoms with E-state index in [1.807, 2.05) is 0 Å². The van der Waals surface area contributed by atoms with Crippen molar-refractivity contribution in [2.45, 2.75) is 17.9 Å². The molecular weight excluding hydrogens is 393 g/mol. The Kier molecular flexibility index (Phi) is 5.51. The molecule has 152 valence electrons. The molecule has 0 amide bonds. The van der Waals surface area contributed by atoms with Gasteiger partial charge < -0.3 is 4.90 Å². The van der Waals surface area contributed by atoms with Crippen molar-refractivity contribution in [2.75, 3.05) is 25.4 Å². The first-order chi connectivity index (χ1) is 14.0. The maximum absolute atomic E-state index is 14.4. The fraction of sp³-hybridized carbons (Fsp3) is 0.400. The summed E-state index contributed by atoms with van der Waals surface area (Å²) in [6.45, 7) is 3.31. The van der Waals surface area contributed by atoms with E-state index in [9.17, 15) is 14.0 Å². The van der Waals surface area contributed by atoms with Gasteiger partial charge >= 0.3 is 5.69 Å². The van der Waals surface area contributed by atoms with Gasteiger partial charge in [-0.3, -0.25) is 13.9 Å². The van der Waals surface area contributed by atoms with Crippen molar-refractivity contribution < 1.29 is 9.29 Å². The molecule has 1 N–H and O–H groups in total. The van der Waals surface area contributed by atoms with Crippen molar-refractivity contribution in [3.8, 4) is 11.4 Å². The largest absolute Gasteiger partial charge is 0.334 e. The maximum Gasteiger partial charge on any atom is 0.332 e. The average molecular weight is 417 g/mol. The van der Waals surface area contributed by atoms with Gasteiger partial charge in [-0.15, -0.1) is 0 Å². The van der Waals surface area contributed by atoms with Crippen LogP contribution in [-0.2, 0) is 14.1 Å². The van der Waals surface area contributed by atoms with Crippen LogP contribution in [0.25, 0.3) is 22.4 Å². The van der Waals surface area contributed by atoms with Crippen molar-refractivity contribution in [2.24, 2.45) is 14.1 Å². The first-order valence-electron chi connectivity index (χ1n) is 9.66. The Morgan fingerprint density at radius 2 is 1.83 bits per heavy atom. The van der Waals surface area contributed by atoms with E-state index in [0.29, 0.717) is 10.4 Å². The molecule has 7 nitrogen and oxygen atoms in total. The Bertz CT molecular complexity index is 1180. The highest BCUT2D eigenvalue weighted by molar-refractivity contribution is 7.99. The minimum absolute atomic E-state index is 0.176. The van der Waals surface area contributed by atoms with Gasteiger partial charge in [-0.2, -0.15) is 0 Å². The van der Waals surface area contributed by atoms with E-state index in [2.05, 4.69) is 9.97 Å². The number of fused-ring (bicyclic) bond motifs is 1. The van der Waals surface area contributed by atoms with E-state index >= 15 is 0 Å². The van der Waals surface area contributed by atoms with Crippen LogP contribution in [0.2, 0.25) is 0 Å². The van der Waals surface area contributed by atoms with Gasteiger partial charge in [-0.25, -0.2) is 19.2 Å². The van der Waals surface area contributed by atoms with E-state index in [1.165, 1.54) is 55.4 Å². The Labute approximate surface area is 171 Å². The Morgan fingerprint density at radius 1 is 1.10 bits per heavy atom. The lowest BCUT2D eigenvalue weighted by molar-refractivity contribution is -0.884. The lowest BCUT2D eigenvalue weighted by Gasteiger charge is -2.14. The number of aromatic nitrogens is 4. The van der Waals surface area contributed by atoms with Crippen LogP contribution in [0, 0.1) is 5.82 Å². The van der Waals surface area contributed by atoms with Crippen molar-refractivity contribution in [3.63, 3.8) is 0 Å². The van der Waals surface area contributed by atoms with Crippen molar-refractivity contribution >= 4 is 22.8 Å². The second-order valence-corrected chi connectivity index (χ2v) is 8.38. The maximum atomic E-state index is 14.4. The summed E-state index contributed by atoms with van der Waals surface area (Å²) in [4.78, 5) is 35.7. The number of nitrogens with zero attached hydrogens (tertiary/aromatic N) is 4. The minimum atomic E-state index is -0.474. The predicted octanol–water partition coefficient (Wildman–Crippen LogP) is 0.604. The van der Waals surface area contributed by atoms with E-state index in [1.54, 1.807) is 30.1 Å². The predicted molar refractivity (Wildman–Crippen MR) is 111 cm³/mol. The van der Waals surface area contributed by atoms with Gasteiger partial charge in [0, 0.05) is 32.7 Å². The summed E-state index contributed by atoms with van der Waals surface area (Å²) in [7, 11) is 3.00. The van der Waals surface area contributed by atoms with Crippen LogP contribution in [0.15, 0.2) is 38.9 Å². The molecule has 29 heavy (non-hydrogen) atoms. The second kappa shape index (κ2) is 8.08. The molecule has 0 spiro atoms. The third kappa shape index (κ3) is 3.72. The number of nitrogens with one attached hydrogen (secondary N) is 1. The molecule has 1 aliphatic heterocycles. The first-order valence-corrected chi connectivity index (χ1v) is 10.6. The highest BCUT2D eigenvalue weighted by Crippen LogP contribution is 2.26. The first kappa shape index (κ1) is 19.8. The molecule has 3 aromatic rings. The van der Waals surface area contributed by atoms with Gasteiger partial charge in [0.2, 0.25) is 0 Å². The summed E-state index contributed by atoms with van der Waals surface area (Å²) >= 11 is 1.47. The molecule has 1 aromatic carbocycles. The Balaban J connectivity index is 1.85. The molecule has 1 saturated heterocycles. The molecular formula is C20H23FN5O2S+. The molecule has 9 heteroatoms. The molecule has 1 aliphatic rings. The summed E-state index contributed by atoms with van der Waals surface area (Å²) in [6.07, 6.45) is 2.49. The third-order valence-corrected chi connectivity index (χ3v) is 6.36. The van der Waals surface area contributed by atoms with E-state index in [-0.39, 0.29) is 17.0 Å². The number of thioether (sulfide) groups is 1. The van der Waals surface area contributed by atoms with Gasteiger partial charge in [0.25, 0.3) is 5.56 Å². The standard InChI is InChI=1S/C20H22FN5O2S/c1-24-17-15(19(27)25(2)20(24)28)18(29-12-11-26-9-5-6-10-26)23-16(22-17)13-7-3-4-8-14(13)21/h3-4,7-8H,5-6,9-12H2,1-2H3/p+1. The Hall–Kier alpha value is -2.52. The molecule has 4 rings (SSSR count). The molecule has 0 saturated carbocycles. The van der Waals surface area contributed by atoms with Gasteiger partial charge in [-0.1, -0.05) is 23.9 Å². The van der Waals surface area contributed by atoms with Crippen LogP contribution >= 0.6 is 11.8 Å². The Morgan fingerprint density at radius 3 is 2.55 bits per heavy atom.